The molecule has 1 aliphatic carbocycles. The molecular formula is C36H26N2O6. The molecule has 0 radical (unpaired) electrons. The highest BCUT2D eigenvalue weighted by Gasteiger charge is 2.52. The summed E-state index contributed by atoms with van der Waals surface area (Å²) in [5.41, 5.74) is 4.58. The van der Waals surface area contributed by atoms with Gasteiger partial charge in [-0.25, -0.2) is 4.79 Å². The molecule has 5 aromatic rings. The number of rotatable bonds is 5. The van der Waals surface area contributed by atoms with Crippen LogP contribution in [0.2, 0.25) is 0 Å². The maximum atomic E-state index is 12.9. The summed E-state index contributed by atoms with van der Waals surface area (Å²) in [7, 11) is 0. The van der Waals surface area contributed by atoms with Gasteiger partial charge in [0.2, 0.25) is 5.60 Å². The van der Waals surface area contributed by atoms with E-state index in [9.17, 15) is 19.2 Å². The number of ketones is 2. The Balaban J connectivity index is 0.000000181. The zero-order chi connectivity index (χ0) is 30.7. The number of ether oxygens (including phenoxy) is 2. The van der Waals surface area contributed by atoms with Crippen molar-refractivity contribution in [2.45, 2.75) is 12.5 Å². The molecule has 2 amide bonds. The fraction of sp³-hybridized carbons (Fsp3) is 0.0556. The second-order valence-electron chi connectivity index (χ2n) is 10.2. The molecule has 1 saturated heterocycles. The van der Waals surface area contributed by atoms with Crippen molar-refractivity contribution in [3.63, 3.8) is 0 Å². The summed E-state index contributed by atoms with van der Waals surface area (Å²) in [5.74, 6) is 0.715. The van der Waals surface area contributed by atoms with Gasteiger partial charge < -0.3 is 9.47 Å². The van der Waals surface area contributed by atoms with Gasteiger partial charge in [0.25, 0.3) is 5.91 Å². The van der Waals surface area contributed by atoms with Crippen LogP contribution in [0.3, 0.4) is 0 Å². The lowest BCUT2D eigenvalue weighted by Gasteiger charge is -2.21. The zero-order valence-electron chi connectivity index (χ0n) is 23.6. The van der Waals surface area contributed by atoms with Gasteiger partial charge in [0, 0.05) is 27.8 Å². The summed E-state index contributed by atoms with van der Waals surface area (Å²) < 4.78 is 11.2. The van der Waals surface area contributed by atoms with Crippen molar-refractivity contribution in [1.82, 2.24) is 5.01 Å². The molecule has 1 atom stereocenters. The highest BCUT2D eigenvalue weighted by atomic mass is 16.6. The highest BCUT2D eigenvalue weighted by Crippen LogP contribution is 2.36. The molecule has 0 bridgehead atoms. The lowest BCUT2D eigenvalue weighted by molar-refractivity contribution is -0.135. The topological polar surface area (TPSA) is 102 Å². The number of nitrogens with zero attached hydrogens (tertiary/aromatic N) is 1. The van der Waals surface area contributed by atoms with Crippen LogP contribution in [0.4, 0.5) is 10.5 Å². The predicted molar refractivity (Wildman–Crippen MR) is 163 cm³/mol. The van der Waals surface area contributed by atoms with Crippen LogP contribution >= 0.6 is 0 Å². The number of cyclic esters (lactones) is 1. The molecule has 1 unspecified atom stereocenters. The number of carbonyl (C=O) groups is 4. The standard InChI is InChI=1S/C22H18N2O4.C14H8O2/c1-22(16-12-14-19(15-13-16)27-18-10-6-3-7-11-18)20(25)24(21(26)28-22)23-17-8-4-2-5-9-17;15-13-9-5-1-2-6-10(9)14(16)12-8-4-3-7-11(12)13/h2-15,23H,1H3;1-8H. The zero-order valence-corrected chi connectivity index (χ0v) is 23.6. The van der Waals surface area contributed by atoms with Crippen LogP contribution in [0.1, 0.15) is 44.3 Å². The van der Waals surface area contributed by atoms with Crippen LogP contribution < -0.4 is 10.2 Å². The van der Waals surface area contributed by atoms with Gasteiger partial charge >= 0.3 is 6.09 Å². The number of hydrogen-bond donors (Lipinski definition) is 1. The van der Waals surface area contributed by atoms with Crippen LogP contribution in [-0.2, 0) is 15.1 Å². The van der Waals surface area contributed by atoms with Gasteiger partial charge in [-0.15, -0.1) is 5.01 Å². The minimum absolute atomic E-state index is 0.0641. The lowest BCUT2D eigenvalue weighted by Crippen LogP contribution is -2.39. The van der Waals surface area contributed by atoms with E-state index < -0.39 is 17.6 Å². The summed E-state index contributed by atoms with van der Waals surface area (Å²) in [6.07, 6.45) is -0.749. The van der Waals surface area contributed by atoms with Gasteiger partial charge in [-0.1, -0.05) is 97.1 Å². The first-order valence-corrected chi connectivity index (χ1v) is 13.9. The third kappa shape index (κ3) is 5.32. The van der Waals surface area contributed by atoms with Crippen LogP contribution in [-0.4, -0.2) is 28.6 Å². The quantitative estimate of drug-likeness (QED) is 0.230. The molecule has 44 heavy (non-hydrogen) atoms. The van der Waals surface area contributed by atoms with Gasteiger partial charge in [0.1, 0.15) is 11.5 Å². The van der Waals surface area contributed by atoms with Crippen LogP contribution in [0.5, 0.6) is 11.5 Å². The van der Waals surface area contributed by atoms with Crippen molar-refractivity contribution in [3.8, 4) is 11.5 Å². The fourth-order valence-corrected chi connectivity index (χ4v) is 4.99. The van der Waals surface area contributed by atoms with E-state index in [4.69, 9.17) is 9.47 Å². The normalized spacial score (nSPS) is 16.7. The highest BCUT2D eigenvalue weighted by molar-refractivity contribution is 6.28. The van der Waals surface area contributed by atoms with Gasteiger partial charge in [0.05, 0.1) is 5.69 Å². The summed E-state index contributed by atoms with van der Waals surface area (Å²) in [4.78, 5) is 49.4. The lowest BCUT2D eigenvalue weighted by atomic mass is 9.84. The predicted octanol–water partition coefficient (Wildman–Crippen LogP) is 7.16. The number of imide groups is 1. The first kappa shape index (κ1) is 28.1. The molecule has 5 aromatic carbocycles. The average molecular weight is 583 g/mol. The van der Waals surface area contributed by atoms with Gasteiger partial charge in [-0.2, -0.15) is 0 Å². The molecule has 7 rings (SSSR count). The van der Waals surface area contributed by atoms with E-state index in [2.05, 4.69) is 5.43 Å². The Morgan fingerprint density at radius 3 is 1.50 bits per heavy atom. The largest absolute Gasteiger partial charge is 0.457 e. The Kier molecular flexibility index (Phi) is 7.47. The summed E-state index contributed by atoms with van der Waals surface area (Å²) in [6.45, 7) is 1.58. The maximum absolute atomic E-state index is 12.9. The van der Waals surface area contributed by atoms with Crippen LogP contribution in [0.15, 0.2) is 133 Å². The molecule has 0 saturated carbocycles. The average Bonchev–Trinajstić information content (AvgIpc) is 3.28. The second-order valence-corrected chi connectivity index (χ2v) is 10.2. The molecule has 1 N–H and O–H groups in total. The van der Waals surface area contributed by atoms with E-state index in [1.54, 1.807) is 104 Å². The van der Waals surface area contributed by atoms with Crippen molar-refractivity contribution in [2.75, 3.05) is 5.43 Å². The number of amides is 2. The molecule has 1 heterocycles. The molecule has 8 heteroatoms. The number of carbonyl (C=O) groups excluding carboxylic acids is 4. The number of para-hydroxylation sites is 2. The smallest absolute Gasteiger partial charge is 0.437 e. The Bertz CT molecular complexity index is 1770. The Labute approximate surface area is 253 Å². The van der Waals surface area contributed by atoms with Crippen molar-refractivity contribution in [3.05, 3.63) is 161 Å². The third-order valence-corrected chi connectivity index (χ3v) is 7.32. The first-order chi connectivity index (χ1) is 21.3. The summed E-state index contributed by atoms with van der Waals surface area (Å²) >= 11 is 0. The molecular weight excluding hydrogens is 556 g/mol. The molecule has 0 spiro atoms. The van der Waals surface area contributed by atoms with Crippen LogP contribution in [0.25, 0.3) is 0 Å². The first-order valence-electron chi connectivity index (χ1n) is 13.9. The van der Waals surface area contributed by atoms with E-state index in [1.807, 2.05) is 36.4 Å². The maximum Gasteiger partial charge on any atom is 0.437 e. The van der Waals surface area contributed by atoms with E-state index in [0.29, 0.717) is 45.0 Å². The molecule has 216 valence electrons. The number of benzene rings is 5. The Morgan fingerprint density at radius 1 is 0.568 bits per heavy atom. The molecule has 1 fully saturated rings. The van der Waals surface area contributed by atoms with Crippen molar-refractivity contribution < 1.29 is 28.7 Å². The molecule has 8 nitrogen and oxygen atoms in total. The monoisotopic (exact) mass is 582 g/mol. The molecule has 1 aliphatic heterocycles. The van der Waals surface area contributed by atoms with E-state index >= 15 is 0 Å². The number of nitrogens with one attached hydrogen (secondary N) is 1. The summed E-state index contributed by atoms with van der Waals surface area (Å²) in [6, 6.07) is 39.2. The van der Waals surface area contributed by atoms with Gasteiger partial charge in [-0.05, 0) is 43.3 Å². The van der Waals surface area contributed by atoms with Gasteiger partial charge in [-0.3, -0.25) is 19.8 Å². The number of hydrogen-bond acceptors (Lipinski definition) is 7. The Hall–Kier alpha value is -6.02. The second kappa shape index (κ2) is 11.7. The minimum atomic E-state index is -1.41. The molecule has 0 aromatic heterocycles. The number of fused-ring (bicyclic) bond motifs is 2. The van der Waals surface area contributed by atoms with Gasteiger partial charge in [0.15, 0.2) is 11.6 Å². The number of hydrazine groups is 1. The molecule has 2 aliphatic rings. The van der Waals surface area contributed by atoms with Crippen LogP contribution in [0, 0.1) is 0 Å². The SMILES string of the molecule is CC1(c2ccc(Oc3ccccc3)cc2)OC(=O)N(Nc2ccccc2)C1=O.O=C1c2ccccc2C(=O)c2ccccc21. The van der Waals surface area contributed by atoms with Crippen molar-refractivity contribution in [1.29, 1.82) is 0 Å². The van der Waals surface area contributed by atoms with Crippen molar-refractivity contribution in [2.24, 2.45) is 0 Å². The fourth-order valence-electron chi connectivity index (χ4n) is 4.99. The van der Waals surface area contributed by atoms with E-state index in [-0.39, 0.29) is 11.6 Å². The number of anilines is 1. The van der Waals surface area contributed by atoms with E-state index in [1.165, 1.54) is 0 Å². The van der Waals surface area contributed by atoms with E-state index in [0.717, 1.165) is 5.01 Å². The van der Waals surface area contributed by atoms with Crippen molar-refractivity contribution >= 4 is 29.3 Å². The third-order valence-electron chi connectivity index (χ3n) is 7.32. The minimum Gasteiger partial charge on any atom is -0.457 e. The Morgan fingerprint density at radius 2 is 1.00 bits per heavy atom. The summed E-state index contributed by atoms with van der Waals surface area (Å²) in [5, 5.41) is 0.893.